The molecule has 2 aromatic carbocycles. The van der Waals surface area contributed by atoms with E-state index in [0.29, 0.717) is 10.7 Å². The lowest BCUT2D eigenvalue weighted by molar-refractivity contribution is 0.0900. The lowest BCUT2D eigenvalue weighted by Crippen LogP contribution is -2.39. The maximum Gasteiger partial charge on any atom is 0.343 e. The molecule has 3 rings (SSSR count). The number of hydrogen-bond acceptors (Lipinski definition) is 4. The molecule has 0 spiro atoms. The van der Waals surface area contributed by atoms with Crippen molar-refractivity contribution in [2.45, 2.75) is 4.90 Å². The Hall–Kier alpha value is -2.38. The normalized spacial score (nSPS) is 15.5. The number of nitrogens with one attached hydrogen (secondary N) is 1. The summed E-state index contributed by atoms with van der Waals surface area (Å²) < 4.78 is 24.8. The summed E-state index contributed by atoms with van der Waals surface area (Å²) in [5, 5.41) is 2.83. The van der Waals surface area contributed by atoms with Gasteiger partial charge in [-0.25, -0.2) is 13.2 Å². The highest BCUT2D eigenvalue weighted by Crippen LogP contribution is 2.30. The van der Waals surface area contributed by atoms with Crippen LogP contribution in [0.2, 0.25) is 5.02 Å². The summed E-state index contributed by atoms with van der Waals surface area (Å²) in [6, 6.07) is 10.7. The molecule has 2 aromatic rings. The molecular weight excluding hydrogens is 328 g/mol. The van der Waals surface area contributed by atoms with Gasteiger partial charge in [-0.15, -0.1) is 4.31 Å². The highest BCUT2D eigenvalue weighted by molar-refractivity contribution is 7.90. The van der Waals surface area contributed by atoms with E-state index < -0.39 is 22.0 Å². The van der Waals surface area contributed by atoms with Crippen molar-refractivity contribution in [2.75, 3.05) is 5.32 Å². The minimum absolute atomic E-state index is 0.0197. The summed E-state index contributed by atoms with van der Waals surface area (Å²) in [6.45, 7) is 0. The molecular formula is C14H9ClN2O4S. The van der Waals surface area contributed by atoms with Gasteiger partial charge >= 0.3 is 6.03 Å². The molecule has 1 N–H and O–H groups in total. The third kappa shape index (κ3) is 2.24. The van der Waals surface area contributed by atoms with Crippen LogP contribution in [0.4, 0.5) is 10.5 Å². The number of urea groups is 1. The second-order valence-electron chi connectivity index (χ2n) is 4.51. The summed E-state index contributed by atoms with van der Waals surface area (Å²) in [7, 11) is -4.18. The number of nitrogens with zero attached hydrogens (tertiary/aromatic N) is 1. The molecule has 112 valence electrons. The predicted octanol–water partition coefficient (Wildman–Crippen LogP) is 2.72. The number of carbonyl (C=O) groups is 2. The van der Waals surface area contributed by atoms with Crippen LogP contribution in [0.1, 0.15) is 10.4 Å². The minimum atomic E-state index is -4.18. The van der Waals surface area contributed by atoms with Gasteiger partial charge in [0.05, 0.1) is 5.56 Å². The second kappa shape index (κ2) is 5.11. The molecule has 0 aliphatic carbocycles. The Morgan fingerprint density at radius 2 is 1.68 bits per heavy atom. The highest BCUT2D eigenvalue weighted by atomic mass is 35.5. The number of anilines is 1. The Bertz CT molecular complexity index is 878. The number of benzene rings is 2. The summed E-state index contributed by atoms with van der Waals surface area (Å²) in [6.07, 6.45) is 0. The molecule has 8 heteroatoms. The zero-order valence-corrected chi connectivity index (χ0v) is 12.6. The molecule has 0 radical (unpaired) electrons. The molecule has 0 atom stereocenters. The van der Waals surface area contributed by atoms with Gasteiger partial charge in [0.1, 0.15) is 4.90 Å². The van der Waals surface area contributed by atoms with Crippen LogP contribution in [-0.2, 0) is 10.0 Å². The van der Waals surface area contributed by atoms with E-state index in [2.05, 4.69) is 5.32 Å². The summed E-state index contributed by atoms with van der Waals surface area (Å²) in [5.74, 6) is -0.873. The highest BCUT2D eigenvalue weighted by Gasteiger charge is 2.45. The van der Waals surface area contributed by atoms with Gasteiger partial charge in [-0.3, -0.25) is 4.79 Å². The number of rotatable bonds is 1. The fourth-order valence-electron chi connectivity index (χ4n) is 2.09. The quantitative estimate of drug-likeness (QED) is 0.867. The molecule has 0 saturated heterocycles. The van der Waals surface area contributed by atoms with E-state index in [9.17, 15) is 18.0 Å². The van der Waals surface area contributed by atoms with Gasteiger partial charge in [0.2, 0.25) is 0 Å². The van der Waals surface area contributed by atoms with E-state index in [1.807, 2.05) is 0 Å². The first-order valence-corrected chi connectivity index (χ1v) is 7.98. The van der Waals surface area contributed by atoms with Crippen molar-refractivity contribution < 1.29 is 18.0 Å². The smallest absolute Gasteiger partial charge is 0.307 e. The van der Waals surface area contributed by atoms with E-state index in [1.165, 1.54) is 48.5 Å². The van der Waals surface area contributed by atoms with Crippen molar-refractivity contribution in [3.8, 4) is 0 Å². The topological polar surface area (TPSA) is 83.6 Å². The molecule has 6 nitrogen and oxygen atoms in total. The Labute approximate surface area is 131 Å². The molecule has 0 saturated carbocycles. The maximum absolute atomic E-state index is 12.3. The number of imide groups is 1. The number of sulfonamides is 1. The van der Waals surface area contributed by atoms with Crippen LogP contribution in [0.25, 0.3) is 0 Å². The number of fused-ring (bicyclic) bond motifs is 1. The Balaban J connectivity index is 1.94. The van der Waals surface area contributed by atoms with Crippen LogP contribution in [0.15, 0.2) is 53.4 Å². The predicted molar refractivity (Wildman–Crippen MR) is 80.3 cm³/mol. The van der Waals surface area contributed by atoms with Gasteiger partial charge < -0.3 is 5.32 Å². The van der Waals surface area contributed by atoms with Crippen LogP contribution >= 0.6 is 11.6 Å². The van der Waals surface area contributed by atoms with Crippen molar-refractivity contribution in [3.05, 3.63) is 59.1 Å². The van der Waals surface area contributed by atoms with Gasteiger partial charge in [0.25, 0.3) is 15.9 Å². The SMILES string of the molecule is O=C(Nc1ccc(Cl)cc1)N1C(=O)c2ccccc2S1(=O)=O. The van der Waals surface area contributed by atoms with Crippen LogP contribution < -0.4 is 5.32 Å². The van der Waals surface area contributed by atoms with Crippen molar-refractivity contribution >= 4 is 39.2 Å². The zero-order valence-electron chi connectivity index (χ0n) is 11.0. The van der Waals surface area contributed by atoms with E-state index in [4.69, 9.17) is 11.6 Å². The molecule has 0 unspecified atom stereocenters. The largest absolute Gasteiger partial charge is 0.343 e. The molecule has 0 fully saturated rings. The third-order valence-corrected chi connectivity index (χ3v) is 5.08. The summed E-state index contributed by atoms with van der Waals surface area (Å²) in [5.41, 5.74) is 0.308. The first-order chi connectivity index (χ1) is 10.4. The Morgan fingerprint density at radius 1 is 1.05 bits per heavy atom. The van der Waals surface area contributed by atoms with Gasteiger partial charge in [0.15, 0.2) is 0 Å². The van der Waals surface area contributed by atoms with Crippen molar-refractivity contribution in [3.63, 3.8) is 0 Å². The van der Waals surface area contributed by atoms with Crippen LogP contribution in [0, 0.1) is 0 Å². The van der Waals surface area contributed by atoms with E-state index >= 15 is 0 Å². The van der Waals surface area contributed by atoms with E-state index in [1.54, 1.807) is 0 Å². The van der Waals surface area contributed by atoms with E-state index in [-0.39, 0.29) is 14.8 Å². The molecule has 0 bridgehead atoms. The fraction of sp³-hybridized carbons (Fsp3) is 0. The second-order valence-corrected chi connectivity index (χ2v) is 6.70. The Morgan fingerprint density at radius 3 is 2.32 bits per heavy atom. The minimum Gasteiger partial charge on any atom is -0.307 e. The number of halogens is 1. The van der Waals surface area contributed by atoms with Gasteiger partial charge in [-0.05, 0) is 36.4 Å². The van der Waals surface area contributed by atoms with Crippen LogP contribution in [0.5, 0.6) is 0 Å². The molecule has 1 aliphatic heterocycles. The lowest BCUT2D eigenvalue weighted by Gasteiger charge is -2.14. The monoisotopic (exact) mass is 336 g/mol. The van der Waals surface area contributed by atoms with E-state index in [0.717, 1.165) is 0 Å². The fourth-order valence-corrected chi connectivity index (χ4v) is 3.68. The lowest BCUT2D eigenvalue weighted by atomic mass is 10.2. The van der Waals surface area contributed by atoms with Crippen molar-refractivity contribution in [1.29, 1.82) is 0 Å². The van der Waals surface area contributed by atoms with Crippen LogP contribution in [-0.4, -0.2) is 24.7 Å². The standard InChI is InChI=1S/C14H9ClN2O4S/c15-9-5-7-10(8-6-9)16-14(19)17-13(18)11-3-1-2-4-12(11)22(17,20)21/h1-8H,(H,16,19). The van der Waals surface area contributed by atoms with Crippen LogP contribution in [0.3, 0.4) is 0 Å². The number of carbonyl (C=O) groups excluding carboxylic acids is 2. The molecule has 22 heavy (non-hydrogen) atoms. The maximum atomic E-state index is 12.3. The first kappa shape index (κ1) is 14.6. The third-order valence-electron chi connectivity index (χ3n) is 3.10. The average molecular weight is 337 g/mol. The average Bonchev–Trinajstić information content (AvgIpc) is 2.69. The van der Waals surface area contributed by atoms with Gasteiger partial charge in [-0.2, -0.15) is 0 Å². The molecule has 1 aliphatic rings. The Kier molecular flexibility index (Phi) is 3.38. The number of hydrogen-bond donors (Lipinski definition) is 1. The number of amides is 3. The summed E-state index contributed by atoms with van der Waals surface area (Å²) in [4.78, 5) is 24.2. The van der Waals surface area contributed by atoms with Crippen molar-refractivity contribution in [1.82, 2.24) is 4.31 Å². The molecule has 3 amide bonds. The van der Waals surface area contributed by atoms with Gasteiger partial charge in [-0.1, -0.05) is 23.7 Å². The van der Waals surface area contributed by atoms with Gasteiger partial charge in [0, 0.05) is 10.7 Å². The zero-order chi connectivity index (χ0) is 15.9. The first-order valence-electron chi connectivity index (χ1n) is 6.16. The summed E-state index contributed by atoms with van der Waals surface area (Å²) >= 11 is 5.73. The molecule has 0 aromatic heterocycles. The van der Waals surface area contributed by atoms with Crippen molar-refractivity contribution in [2.24, 2.45) is 0 Å². The molecule has 1 heterocycles.